The van der Waals surface area contributed by atoms with E-state index in [2.05, 4.69) is 5.32 Å². The molecule has 3 N–H and O–H groups in total. The number of aliphatic hydroxyl groups excluding tert-OH is 1. The van der Waals surface area contributed by atoms with E-state index in [-0.39, 0.29) is 6.10 Å². The summed E-state index contributed by atoms with van der Waals surface area (Å²) in [6, 6.07) is 6.30. The van der Waals surface area contributed by atoms with Crippen molar-refractivity contribution in [1.82, 2.24) is 5.32 Å². The SMILES string of the molecule is Cc1cccc(CNC2CCC(O)CC2)c1O. The van der Waals surface area contributed by atoms with E-state index in [4.69, 9.17) is 0 Å². The minimum absolute atomic E-state index is 0.111. The van der Waals surface area contributed by atoms with Crippen LogP contribution in [0.1, 0.15) is 36.8 Å². The zero-order valence-corrected chi connectivity index (χ0v) is 10.3. The van der Waals surface area contributed by atoms with Crippen molar-refractivity contribution in [3.63, 3.8) is 0 Å². The topological polar surface area (TPSA) is 52.5 Å². The molecule has 17 heavy (non-hydrogen) atoms. The first kappa shape index (κ1) is 12.4. The van der Waals surface area contributed by atoms with Crippen LogP contribution in [0.3, 0.4) is 0 Å². The van der Waals surface area contributed by atoms with Gasteiger partial charge in [-0.25, -0.2) is 0 Å². The van der Waals surface area contributed by atoms with Crippen LogP contribution in [0.25, 0.3) is 0 Å². The Kier molecular flexibility index (Phi) is 4.02. The molecule has 0 radical (unpaired) electrons. The van der Waals surface area contributed by atoms with Gasteiger partial charge in [0.15, 0.2) is 0 Å². The molecule has 0 atom stereocenters. The number of para-hydroxylation sites is 1. The summed E-state index contributed by atoms with van der Waals surface area (Å²) in [5.41, 5.74) is 1.87. The van der Waals surface area contributed by atoms with E-state index < -0.39 is 0 Å². The fourth-order valence-electron chi connectivity index (χ4n) is 2.40. The summed E-state index contributed by atoms with van der Waals surface area (Å²) < 4.78 is 0. The molecule has 2 rings (SSSR count). The van der Waals surface area contributed by atoms with Crippen molar-refractivity contribution in [1.29, 1.82) is 0 Å². The lowest BCUT2D eigenvalue weighted by atomic mass is 9.93. The van der Waals surface area contributed by atoms with E-state index in [0.717, 1.165) is 36.8 Å². The number of phenolic OH excluding ortho intramolecular Hbond substituents is 1. The highest BCUT2D eigenvalue weighted by atomic mass is 16.3. The minimum Gasteiger partial charge on any atom is -0.507 e. The molecule has 0 amide bonds. The van der Waals surface area contributed by atoms with Crippen LogP contribution in [0, 0.1) is 6.92 Å². The van der Waals surface area contributed by atoms with E-state index in [1.54, 1.807) is 0 Å². The van der Waals surface area contributed by atoms with Crippen molar-refractivity contribution in [3.8, 4) is 5.75 Å². The van der Waals surface area contributed by atoms with Crippen LogP contribution in [0.2, 0.25) is 0 Å². The van der Waals surface area contributed by atoms with Gasteiger partial charge in [-0.3, -0.25) is 0 Å². The number of hydrogen-bond acceptors (Lipinski definition) is 3. The second kappa shape index (κ2) is 5.52. The normalized spacial score (nSPS) is 24.8. The number of aryl methyl sites for hydroxylation is 1. The number of aromatic hydroxyl groups is 1. The molecule has 1 aliphatic carbocycles. The van der Waals surface area contributed by atoms with Gasteiger partial charge in [0.2, 0.25) is 0 Å². The third-order valence-electron chi connectivity index (χ3n) is 3.60. The summed E-state index contributed by atoms with van der Waals surface area (Å²) in [7, 11) is 0. The van der Waals surface area contributed by atoms with Gasteiger partial charge >= 0.3 is 0 Å². The first-order chi connectivity index (χ1) is 8.16. The molecule has 1 aromatic rings. The molecule has 0 heterocycles. The molecule has 0 aromatic heterocycles. The lowest BCUT2D eigenvalue weighted by Crippen LogP contribution is -2.34. The maximum atomic E-state index is 9.89. The van der Waals surface area contributed by atoms with Gasteiger partial charge in [0.1, 0.15) is 5.75 Å². The summed E-state index contributed by atoms with van der Waals surface area (Å²) >= 11 is 0. The highest BCUT2D eigenvalue weighted by Gasteiger charge is 2.18. The summed E-state index contributed by atoms with van der Waals surface area (Å²) in [5.74, 6) is 0.399. The van der Waals surface area contributed by atoms with Gasteiger partial charge in [0.25, 0.3) is 0 Å². The number of nitrogens with one attached hydrogen (secondary N) is 1. The molecule has 1 aliphatic rings. The van der Waals surface area contributed by atoms with Gasteiger partial charge < -0.3 is 15.5 Å². The fraction of sp³-hybridized carbons (Fsp3) is 0.571. The maximum absolute atomic E-state index is 9.89. The summed E-state index contributed by atoms with van der Waals surface area (Å²) in [4.78, 5) is 0. The van der Waals surface area contributed by atoms with Gasteiger partial charge in [0.05, 0.1) is 6.10 Å². The number of benzene rings is 1. The van der Waals surface area contributed by atoms with Gasteiger partial charge in [-0.15, -0.1) is 0 Å². The van der Waals surface area contributed by atoms with Crippen molar-refractivity contribution in [2.24, 2.45) is 0 Å². The number of phenols is 1. The van der Waals surface area contributed by atoms with Crippen molar-refractivity contribution in [2.45, 2.75) is 51.3 Å². The molecule has 1 aromatic carbocycles. The van der Waals surface area contributed by atoms with Crippen LogP contribution in [-0.4, -0.2) is 22.4 Å². The lowest BCUT2D eigenvalue weighted by Gasteiger charge is -2.26. The molecule has 0 aliphatic heterocycles. The van der Waals surface area contributed by atoms with Crippen LogP contribution in [0.15, 0.2) is 18.2 Å². The van der Waals surface area contributed by atoms with Crippen LogP contribution >= 0.6 is 0 Å². The third-order valence-corrected chi connectivity index (χ3v) is 3.60. The van der Waals surface area contributed by atoms with Gasteiger partial charge in [-0.1, -0.05) is 18.2 Å². The predicted molar refractivity (Wildman–Crippen MR) is 67.9 cm³/mol. The summed E-state index contributed by atoms with van der Waals surface area (Å²) in [5, 5.41) is 22.8. The highest BCUT2D eigenvalue weighted by molar-refractivity contribution is 5.39. The maximum Gasteiger partial charge on any atom is 0.122 e. The minimum atomic E-state index is -0.111. The smallest absolute Gasteiger partial charge is 0.122 e. The van der Waals surface area contributed by atoms with Crippen LogP contribution < -0.4 is 5.32 Å². The van der Waals surface area contributed by atoms with Crippen LogP contribution in [0.4, 0.5) is 0 Å². The van der Waals surface area contributed by atoms with Crippen molar-refractivity contribution < 1.29 is 10.2 Å². The number of aliphatic hydroxyl groups is 1. The Hall–Kier alpha value is -1.06. The molecule has 3 heteroatoms. The number of hydrogen-bond donors (Lipinski definition) is 3. The molecular weight excluding hydrogens is 214 g/mol. The predicted octanol–water partition coefficient (Wildman–Crippen LogP) is 2.09. The van der Waals surface area contributed by atoms with Crippen molar-refractivity contribution >= 4 is 0 Å². The van der Waals surface area contributed by atoms with E-state index in [9.17, 15) is 10.2 Å². The first-order valence-corrected chi connectivity index (χ1v) is 6.35. The van der Waals surface area contributed by atoms with Gasteiger partial charge in [-0.05, 0) is 38.2 Å². The Balaban J connectivity index is 1.87. The molecule has 0 unspecified atom stereocenters. The molecular formula is C14H21NO2. The summed E-state index contributed by atoms with van der Waals surface area (Å²) in [6.07, 6.45) is 3.71. The molecule has 1 fully saturated rings. The number of rotatable bonds is 3. The fourth-order valence-corrected chi connectivity index (χ4v) is 2.40. The van der Waals surface area contributed by atoms with E-state index >= 15 is 0 Å². The monoisotopic (exact) mass is 235 g/mol. The van der Waals surface area contributed by atoms with Crippen LogP contribution in [0.5, 0.6) is 5.75 Å². The highest BCUT2D eigenvalue weighted by Crippen LogP contribution is 2.23. The molecule has 0 bridgehead atoms. The molecule has 94 valence electrons. The first-order valence-electron chi connectivity index (χ1n) is 6.35. The summed E-state index contributed by atoms with van der Waals surface area (Å²) in [6.45, 7) is 2.62. The Morgan fingerprint density at radius 3 is 2.65 bits per heavy atom. The van der Waals surface area contributed by atoms with E-state index in [1.165, 1.54) is 0 Å². The molecule has 0 saturated heterocycles. The van der Waals surface area contributed by atoms with Crippen LogP contribution in [-0.2, 0) is 6.54 Å². The third kappa shape index (κ3) is 3.20. The second-order valence-corrected chi connectivity index (χ2v) is 4.97. The largest absolute Gasteiger partial charge is 0.507 e. The van der Waals surface area contributed by atoms with E-state index in [1.807, 2.05) is 25.1 Å². The average molecular weight is 235 g/mol. The Labute approximate surface area is 102 Å². The van der Waals surface area contributed by atoms with Gasteiger partial charge in [0, 0.05) is 18.2 Å². The zero-order valence-electron chi connectivity index (χ0n) is 10.3. The van der Waals surface area contributed by atoms with Gasteiger partial charge in [-0.2, -0.15) is 0 Å². The standard InChI is InChI=1S/C14H21NO2/c1-10-3-2-4-11(14(10)17)9-15-12-5-7-13(16)8-6-12/h2-4,12-13,15-17H,5-9H2,1H3. The van der Waals surface area contributed by atoms with Crippen molar-refractivity contribution in [3.05, 3.63) is 29.3 Å². The molecule has 3 nitrogen and oxygen atoms in total. The quantitative estimate of drug-likeness (QED) is 0.752. The zero-order chi connectivity index (χ0) is 12.3. The lowest BCUT2D eigenvalue weighted by molar-refractivity contribution is 0.116. The Morgan fingerprint density at radius 2 is 1.94 bits per heavy atom. The van der Waals surface area contributed by atoms with Crippen molar-refractivity contribution in [2.75, 3.05) is 0 Å². The Bertz CT molecular complexity index is 370. The molecule has 1 saturated carbocycles. The molecule has 0 spiro atoms. The Morgan fingerprint density at radius 1 is 1.24 bits per heavy atom. The van der Waals surface area contributed by atoms with E-state index in [0.29, 0.717) is 18.3 Å². The average Bonchev–Trinajstić information content (AvgIpc) is 2.33. The second-order valence-electron chi connectivity index (χ2n) is 4.97.